The molecule has 0 bridgehead atoms. The van der Waals surface area contributed by atoms with E-state index in [1.54, 1.807) is 0 Å². The van der Waals surface area contributed by atoms with Crippen LogP contribution in [0.15, 0.2) is 0 Å². The van der Waals surface area contributed by atoms with Crippen molar-refractivity contribution in [2.24, 2.45) is 17.6 Å². The van der Waals surface area contributed by atoms with Crippen LogP contribution in [0.4, 0.5) is 0 Å². The highest BCUT2D eigenvalue weighted by Gasteiger charge is 2.37. The second-order valence-electron chi connectivity index (χ2n) is 4.42. The Kier molecular flexibility index (Phi) is 2.36. The van der Waals surface area contributed by atoms with Crippen LogP contribution in [-0.4, -0.2) is 26.0 Å². The second kappa shape index (κ2) is 3.24. The molecule has 76 valence electrons. The number of nitrogens with two attached hydrogens (primary N) is 1. The van der Waals surface area contributed by atoms with E-state index in [0.717, 1.165) is 12.3 Å². The van der Waals surface area contributed by atoms with Gasteiger partial charge >= 0.3 is 0 Å². The third-order valence-electron chi connectivity index (χ3n) is 3.51. The molecule has 1 aliphatic heterocycles. The van der Waals surface area contributed by atoms with Gasteiger partial charge in [-0.3, -0.25) is 0 Å². The summed E-state index contributed by atoms with van der Waals surface area (Å²) >= 11 is 0. The van der Waals surface area contributed by atoms with Gasteiger partial charge < -0.3 is 5.73 Å². The Morgan fingerprint density at radius 1 is 1.15 bits per heavy atom. The molecular weight excluding hydrogens is 186 g/mol. The summed E-state index contributed by atoms with van der Waals surface area (Å²) < 4.78 is 22.5. The maximum absolute atomic E-state index is 11.3. The summed E-state index contributed by atoms with van der Waals surface area (Å²) in [4.78, 5) is 0. The van der Waals surface area contributed by atoms with Gasteiger partial charge in [0.2, 0.25) is 0 Å². The van der Waals surface area contributed by atoms with E-state index in [9.17, 15) is 8.42 Å². The van der Waals surface area contributed by atoms with Crippen LogP contribution in [0.5, 0.6) is 0 Å². The smallest absolute Gasteiger partial charge is 0.151 e. The summed E-state index contributed by atoms with van der Waals surface area (Å²) in [5, 5.41) is 0. The predicted octanol–water partition coefficient (Wildman–Crippen LogP) is 0.548. The molecule has 1 heterocycles. The van der Waals surface area contributed by atoms with Crippen LogP contribution in [0.2, 0.25) is 0 Å². The largest absolute Gasteiger partial charge is 0.327 e. The van der Waals surface area contributed by atoms with E-state index in [4.69, 9.17) is 5.73 Å². The van der Waals surface area contributed by atoms with Crippen molar-refractivity contribution < 1.29 is 8.42 Å². The zero-order valence-electron chi connectivity index (χ0n) is 7.78. The van der Waals surface area contributed by atoms with E-state index < -0.39 is 9.84 Å². The Balaban J connectivity index is 2.00. The van der Waals surface area contributed by atoms with Crippen LogP contribution >= 0.6 is 0 Å². The van der Waals surface area contributed by atoms with Crippen molar-refractivity contribution >= 4 is 9.84 Å². The molecule has 2 aliphatic rings. The van der Waals surface area contributed by atoms with Crippen molar-refractivity contribution in [2.45, 2.75) is 31.7 Å². The molecule has 2 atom stereocenters. The quantitative estimate of drug-likeness (QED) is 0.677. The van der Waals surface area contributed by atoms with Gasteiger partial charge in [0.05, 0.1) is 11.5 Å². The molecule has 1 aliphatic carbocycles. The molecule has 1 saturated heterocycles. The van der Waals surface area contributed by atoms with Crippen molar-refractivity contribution in [1.29, 1.82) is 0 Å². The van der Waals surface area contributed by atoms with Crippen molar-refractivity contribution in [3.8, 4) is 0 Å². The monoisotopic (exact) mass is 203 g/mol. The van der Waals surface area contributed by atoms with E-state index in [1.807, 2.05) is 0 Å². The van der Waals surface area contributed by atoms with E-state index in [0.29, 0.717) is 11.7 Å². The lowest BCUT2D eigenvalue weighted by Gasteiger charge is -2.39. The molecule has 13 heavy (non-hydrogen) atoms. The third kappa shape index (κ3) is 1.89. The van der Waals surface area contributed by atoms with Crippen molar-refractivity contribution in [3.63, 3.8) is 0 Å². The first-order valence-electron chi connectivity index (χ1n) is 5.04. The maximum Gasteiger partial charge on any atom is 0.151 e. The molecule has 0 spiro atoms. The van der Waals surface area contributed by atoms with Gasteiger partial charge in [-0.05, 0) is 18.3 Å². The van der Waals surface area contributed by atoms with Gasteiger partial charge in [0.25, 0.3) is 0 Å². The number of hydrogen-bond donors (Lipinski definition) is 1. The van der Waals surface area contributed by atoms with Crippen LogP contribution < -0.4 is 5.73 Å². The zero-order valence-corrected chi connectivity index (χ0v) is 8.59. The summed E-state index contributed by atoms with van der Waals surface area (Å²) in [7, 11) is -2.81. The van der Waals surface area contributed by atoms with Crippen molar-refractivity contribution in [2.75, 3.05) is 11.5 Å². The molecular formula is C9H17NO2S. The van der Waals surface area contributed by atoms with Gasteiger partial charge in [0, 0.05) is 6.04 Å². The van der Waals surface area contributed by atoms with Gasteiger partial charge in [0.1, 0.15) is 0 Å². The highest BCUT2D eigenvalue weighted by Crippen LogP contribution is 2.38. The first-order chi connectivity index (χ1) is 6.08. The predicted molar refractivity (Wildman–Crippen MR) is 52.1 cm³/mol. The van der Waals surface area contributed by atoms with E-state index >= 15 is 0 Å². The lowest BCUT2D eigenvalue weighted by Crippen LogP contribution is -2.47. The fraction of sp³-hybridized carbons (Fsp3) is 1.00. The minimum atomic E-state index is -2.81. The van der Waals surface area contributed by atoms with Crippen LogP contribution in [0.1, 0.15) is 25.7 Å². The molecule has 0 radical (unpaired) electrons. The van der Waals surface area contributed by atoms with Crippen molar-refractivity contribution in [1.82, 2.24) is 0 Å². The topological polar surface area (TPSA) is 60.2 Å². The lowest BCUT2D eigenvalue weighted by molar-refractivity contribution is 0.175. The Morgan fingerprint density at radius 2 is 1.85 bits per heavy atom. The summed E-state index contributed by atoms with van der Waals surface area (Å²) in [6.45, 7) is 0. The van der Waals surface area contributed by atoms with Gasteiger partial charge in [-0.1, -0.05) is 19.3 Å². The van der Waals surface area contributed by atoms with Crippen LogP contribution in [0.3, 0.4) is 0 Å². The molecule has 4 heteroatoms. The van der Waals surface area contributed by atoms with Crippen molar-refractivity contribution in [3.05, 3.63) is 0 Å². The Bertz CT molecular complexity index is 282. The molecule has 0 aromatic rings. The molecule has 0 aromatic heterocycles. The summed E-state index contributed by atoms with van der Waals surface area (Å²) in [5.41, 5.74) is 5.89. The molecule has 0 amide bonds. The molecule has 2 rings (SSSR count). The Hall–Kier alpha value is -0.0900. The third-order valence-corrected chi connectivity index (χ3v) is 5.26. The van der Waals surface area contributed by atoms with Gasteiger partial charge in [-0.15, -0.1) is 0 Å². The first-order valence-corrected chi connectivity index (χ1v) is 6.87. The Morgan fingerprint density at radius 3 is 2.31 bits per heavy atom. The fourth-order valence-electron chi connectivity index (χ4n) is 2.48. The van der Waals surface area contributed by atoms with Gasteiger partial charge in [0.15, 0.2) is 9.84 Å². The molecule has 1 saturated carbocycles. The summed E-state index contributed by atoms with van der Waals surface area (Å²) in [5.74, 6) is 1.79. The maximum atomic E-state index is 11.3. The fourth-order valence-corrected chi connectivity index (χ4v) is 4.11. The van der Waals surface area contributed by atoms with Gasteiger partial charge in [-0.25, -0.2) is 8.42 Å². The highest BCUT2D eigenvalue weighted by molar-refractivity contribution is 7.91. The lowest BCUT2D eigenvalue weighted by atomic mass is 9.72. The average molecular weight is 203 g/mol. The zero-order chi connectivity index (χ0) is 9.47. The van der Waals surface area contributed by atoms with Crippen LogP contribution in [0, 0.1) is 11.8 Å². The van der Waals surface area contributed by atoms with Crippen LogP contribution in [0.25, 0.3) is 0 Å². The molecule has 0 aromatic carbocycles. The molecule has 2 unspecified atom stereocenters. The average Bonchev–Trinajstić information content (AvgIpc) is 1.89. The summed E-state index contributed by atoms with van der Waals surface area (Å²) in [6.07, 6.45) is 4.63. The molecule has 3 nitrogen and oxygen atoms in total. The normalized spacial score (nSPS) is 39.8. The number of hydrogen-bond acceptors (Lipinski definition) is 3. The Labute approximate surface area is 79.6 Å². The first kappa shape index (κ1) is 9.46. The second-order valence-corrected chi connectivity index (χ2v) is 6.65. The summed E-state index contributed by atoms with van der Waals surface area (Å²) in [6, 6.07) is -0.0935. The SMILES string of the molecule is NC1CS(=O)(=O)CCC1C1CCC1. The van der Waals surface area contributed by atoms with E-state index in [-0.39, 0.29) is 11.8 Å². The van der Waals surface area contributed by atoms with Gasteiger partial charge in [-0.2, -0.15) is 0 Å². The molecule has 2 N–H and O–H groups in total. The van der Waals surface area contributed by atoms with E-state index in [1.165, 1.54) is 19.3 Å². The minimum Gasteiger partial charge on any atom is -0.327 e. The van der Waals surface area contributed by atoms with Crippen LogP contribution in [-0.2, 0) is 9.84 Å². The highest BCUT2D eigenvalue weighted by atomic mass is 32.2. The molecule has 2 fully saturated rings. The standard InChI is InChI=1S/C9H17NO2S/c10-9-6-13(11,12)5-4-8(9)7-2-1-3-7/h7-9H,1-6,10H2. The number of sulfone groups is 1. The minimum absolute atomic E-state index is 0.0935. The number of rotatable bonds is 1. The van der Waals surface area contributed by atoms with E-state index in [2.05, 4.69) is 0 Å².